The van der Waals surface area contributed by atoms with Crippen molar-refractivity contribution in [3.05, 3.63) is 63.8 Å². The summed E-state index contributed by atoms with van der Waals surface area (Å²) in [5.74, 6) is -1.10. The van der Waals surface area contributed by atoms with E-state index in [0.717, 1.165) is 19.2 Å². The SMILES string of the molecule is COC(=O)c1cc(C(=O)Nc2ccccn2)cc([N+](=O)[O-])c1. The molecule has 1 aromatic carbocycles. The number of aromatic nitrogens is 1. The first-order chi connectivity index (χ1) is 10.5. The summed E-state index contributed by atoms with van der Waals surface area (Å²) < 4.78 is 4.52. The van der Waals surface area contributed by atoms with Crippen LogP contribution in [0.15, 0.2) is 42.6 Å². The number of anilines is 1. The predicted molar refractivity (Wildman–Crippen MR) is 76.6 cm³/mol. The number of nitro benzene ring substituents is 1. The predicted octanol–water partition coefficient (Wildman–Crippen LogP) is 2.03. The van der Waals surface area contributed by atoms with E-state index in [1.165, 1.54) is 12.3 Å². The van der Waals surface area contributed by atoms with E-state index in [9.17, 15) is 19.7 Å². The van der Waals surface area contributed by atoms with Gasteiger partial charge < -0.3 is 10.1 Å². The monoisotopic (exact) mass is 301 g/mol. The quantitative estimate of drug-likeness (QED) is 0.525. The maximum Gasteiger partial charge on any atom is 0.338 e. The smallest absolute Gasteiger partial charge is 0.338 e. The van der Waals surface area contributed by atoms with Crippen LogP contribution in [0.25, 0.3) is 0 Å². The second-order valence-electron chi connectivity index (χ2n) is 4.19. The number of carbonyl (C=O) groups is 2. The number of benzene rings is 1. The molecule has 22 heavy (non-hydrogen) atoms. The second kappa shape index (κ2) is 6.44. The normalized spacial score (nSPS) is 9.86. The Kier molecular flexibility index (Phi) is 4.42. The van der Waals surface area contributed by atoms with E-state index in [2.05, 4.69) is 15.0 Å². The molecule has 0 spiro atoms. The highest BCUT2D eigenvalue weighted by Crippen LogP contribution is 2.19. The summed E-state index contributed by atoms with van der Waals surface area (Å²) >= 11 is 0. The van der Waals surface area contributed by atoms with Crippen LogP contribution in [0.3, 0.4) is 0 Å². The number of rotatable bonds is 4. The fourth-order valence-electron chi connectivity index (χ4n) is 1.71. The number of hydrogen-bond acceptors (Lipinski definition) is 6. The molecule has 0 saturated carbocycles. The summed E-state index contributed by atoms with van der Waals surface area (Å²) in [4.78, 5) is 37.8. The zero-order chi connectivity index (χ0) is 16.1. The largest absolute Gasteiger partial charge is 0.465 e. The van der Waals surface area contributed by atoms with Crippen molar-refractivity contribution in [3.8, 4) is 0 Å². The first kappa shape index (κ1) is 15.1. The van der Waals surface area contributed by atoms with Crippen LogP contribution in [0.5, 0.6) is 0 Å². The number of ether oxygens (including phenoxy) is 1. The van der Waals surface area contributed by atoms with Crippen LogP contribution >= 0.6 is 0 Å². The van der Waals surface area contributed by atoms with Crippen LogP contribution in [0, 0.1) is 10.1 Å². The molecule has 1 N–H and O–H groups in total. The molecule has 0 aliphatic carbocycles. The highest BCUT2D eigenvalue weighted by Gasteiger charge is 2.18. The molecule has 0 saturated heterocycles. The molecule has 8 nitrogen and oxygen atoms in total. The van der Waals surface area contributed by atoms with Crippen molar-refractivity contribution >= 4 is 23.4 Å². The highest BCUT2D eigenvalue weighted by atomic mass is 16.6. The number of nitro groups is 1. The fraction of sp³-hybridized carbons (Fsp3) is 0.0714. The van der Waals surface area contributed by atoms with Gasteiger partial charge in [-0.1, -0.05) is 6.07 Å². The lowest BCUT2D eigenvalue weighted by molar-refractivity contribution is -0.384. The first-order valence-corrected chi connectivity index (χ1v) is 6.11. The van der Waals surface area contributed by atoms with Gasteiger partial charge in [-0.05, 0) is 18.2 Å². The number of hydrogen-bond donors (Lipinski definition) is 1. The molecule has 8 heteroatoms. The van der Waals surface area contributed by atoms with Gasteiger partial charge in [-0.25, -0.2) is 9.78 Å². The summed E-state index contributed by atoms with van der Waals surface area (Å²) in [6.07, 6.45) is 1.49. The molecule has 1 heterocycles. The van der Waals surface area contributed by atoms with E-state index in [1.807, 2.05) is 0 Å². The molecular formula is C14H11N3O5. The van der Waals surface area contributed by atoms with Gasteiger partial charge in [0, 0.05) is 23.9 Å². The standard InChI is InChI=1S/C14H11N3O5/c1-22-14(19)10-6-9(7-11(8-10)17(20)21)13(18)16-12-4-2-3-5-15-12/h2-8H,1H3,(H,15,16,18). The topological polar surface area (TPSA) is 111 Å². The number of carbonyl (C=O) groups excluding carboxylic acids is 2. The van der Waals surface area contributed by atoms with Crippen LogP contribution in [-0.2, 0) is 4.74 Å². The summed E-state index contributed by atoms with van der Waals surface area (Å²) in [5.41, 5.74) is -0.503. The average Bonchev–Trinajstić information content (AvgIpc) is 2.54. The lowest BCUT2D eigenvalue weighted by atomic mass is 10.1. The molecule has 0 unspecified atom stereocenters. The van der Waals surface area contributed by atoms with Gasteiger partial charge >= 0.3 is 5.97 Å². The van der Waals surface area contributed by atoms with Gasteiger partial charge in [0.1, 0.15) is 5.82 Å². The number of non-ortho nitro benzene ring substituents is 1. The third kappa shape index (κ3) is 3.42. The Morgan fingerprint density at radius 1 is 1.23 bits per heavy atom. The van der Waals surface area contributed by atoms with Gasteiger partial charge in [-0.15, -0.1) is 0 Å². The van der Waals surface area contributed by atoms with Gasteiger partial charge in [0.15, 0.2) is 0 Å². The Balaban J connectivity index is 2.36. The van der Waals surface area contributed by atoms with Gasteiger partial charge in [-0.2, -0.15) is 0 Å². The Morgan fingerprint density at radius 3 is 2.55 bits per heavy atom. The number of esters is 1. The lowest BCUT2D eigenvalue weighted by Gasteiger charge is -2.06. The van der Waals surface area contributed by atoms with Crippen LogP contribution in [-0.4, -0.2) is 28.9 Å². The number of nitrogens with zero attached hydrogens (tertiary/aromatic N) is 2. The molecule has 0 aliphatic rings. The minimum atomic E-state index is -0.768. The van der Waals surface area contributed by atoms with Crippen molar-refractivity contribution in [2.45, 2.75) is 0 Å². The van der Waals surface area contributed by atoms with E-state index in [1.54, 1.807) is 18.2 Å². The number of nitrogens with one attached hydrogen (secondary N) is 1. The average molecular weight is 301 g/mol. The van der Waals surface area contributed by atoms with Gasteiger partial charge in [0.2, 0.25) is 0 Å². The Morgan fingerprint density at radius 2 is 1.95 bits per heavy atom. The van der Waals surface area contributed by atoms with E-state index >= 15 is 0 Å². The lowest BCUT2D eigenvalue weighted by Crippen LogP contribution is -2.14. The second-order valence-corrected chi connectivity index (χ2v) is 4.19. The highest BCUT2D eigenvalue weighted by molar-refractivity contribution is 6.05. The number of pyridine rings is 1. The van der Waals surface area contributed by atoms with Crippen LogP contribution in [0.4, 0.5) is 11.5 Å². The molecule has 0 aliphatic heterocycles. The maximum atomic E-state index is 12.1. The zero-order valence-corrected chi connectivity index (χ0v) is 11.5. The molecule has 1 aromatic heterocycles. The summed E-state index contributed by atoms with van der Waals surface area (Å²) in [7, 11) is 1.15. The molecule has 112 valence electrons. The van der Waals surface area contributed by atoms with Crippen molar-refractivity contribution < 1.29 is 19.2 Å². The van der Waals surface area contributed by atoms with Crippen molar-refractivity contribution in [2.24, 2.45) is 0 Å². The van der Waals surface area contributed by atoms with Crippen LogP contribution in [0.2, 0.25) is 0 Å². The third-order valence-corrected chi connectivity index (χ3v) is 2.72. The Labute approximate surface area is 124 Å². The summed E-state index contributed by atoms with van der Waals surface area (Å²) in [6, 6.07) is 8.26. The van der Waals surface area contributed by atoms with E-state index < -0.39 is 16.8 Å². The van der Waals surface area contributed by atoms with E-state index in [-0.39, 0.29) is 16.8 Å². The fourth-order valence-corrected chi connectivity index (χ4v) is 1.71. The van der Waals surface area contributed by atoms with Crippen molar-refractivity contribution in [2.75, 3.05) is 12.4 Å². The van der Waals surface area contributed by atoms with Gasteiger partial charge in [0.05, 0.1) is 17.6 Å². The Bertz CT molecular complexity index is 731. The molecule has 1 amide bonds. The maximum absolute atomic E-state index is 12.1. The van der Waals surface area contributed by atoms with Crippen LogP contribution in [0.1, 0.15) is 20.7 Å². The van der Waals surface area contributed by atoms with Crippen molar-refractivity contribution in [1.29, 1.82) is 0 Å². The molecule has 2 rings (SSSR count). The molecule has 0 radical (unpaired) electrons. The van der Waals surface area contributed by atoms with Crippen molar-refractivity contribution in [1.82, 2.24) is 4.98 Å². The molecule has 2 aromatic rings. The van der Waals surface area contributed by atoms with Gasteiger partial charge in [0.25, 0.3) is 11.6 Å². The number of amides is 1. The Hall–Kier alpha value is -3.29. The number of methoxy groups -OCH3 is 1. The summed E-state index contributed by atoms with van der Waals surface area (Å²) in [5, 5.41) is 13.4. The minimum absolute atomic E-state index is 0.0414. The van der Waals surface area contributed by atoms with Crippen LogP contribution < -0.4 is 5.32 Å². The molecule has 0 bridgehead atoms. The van der Waals surface area contributed by atoms with Crippen molar-refractivity contribution in [3.63, 3.8) is 0 Å². The molecular weight excluding hydrogens is 290 g/mol. The van der Waals surface area contributed by atoms with E-state index in [4.69, 9.17) is 0 Å². The summed E-state index contributed by atoms with van der Waals surface area (Å²) in [6.45, 7) is 0. The van der Waals surface area contributed by atoms with Gasteiger partial charge in [-0.3, -0.25) is 14.9 Å². The zero-order valence-electron chi connectivity index (χ0n) is 11.5. The minimum Gasteiger partial charge on any atom is -0.465 e. The third-order valence-electron chi connectivity index (χ3n) is 2.72. The molecule has 0 atom stereocenters. The molecule has 0 fully saturated rings. The first-order valence-electron chi connectivity index (χ1n) is 6.11. The van der Waals surface area contributed by atoms with E-state index in [0.29, 0.717) is 5.82 Å².